The first kappa shape index (κ1) is 13.1. The average Bonchev–Trinajstić information content (AvgIpc) is 2.67. The third-order valence-corrected chi connectivity index (χ3v) is 3.91. The summed E-state index contributed by atoms with van der Waals surface area (Å²) in [4.78, 5) is 6.71. The van der Waals surface area contributed by atoms with Gasteiger partial charge in [0.15, 0.2) is 0 Å². The molecule has 2 aromatic rings. The van der Waals surface area contributed by atoms with E-state index in [-0.39, 0.29) is 0 Å². The molecule has 0 saturated carbocycles. The van der Waals surface area contributed by atoms with Gasteiger partial charge in [0.2, 0.25) is 0 Å². The van der Waals surface area contributed by atoms with Gasteiger partial charge in [0.1, 0.15) is 0 Å². The van der Waals surface area contributed by atoms with Gasteiger partial charge in [-0.3, -0.25) is 0 Å². The van der Waals surface area contributed by atoms with Crippen molar-refractivity contribution in [2.45, 2.75) is 13.3 Å². The van der Waals surface area contributed by atoms with Crippen LogP contribution < -0.4 is 16.0 Å². The molecule has 0 amide bonds. The zero-order chi connectivity index (χ0) is 13.1. The van der Waals surface area contributed by atoms with Gasteiger partial charge < -0.3 is 16.0 Å². The normalized spacial score (nSPS) is 11.1. The first-order valence-corrected chi connectivity index (χ1v) is 6.96. The van der Waals surface area contributed by atoms with Gasteiger partial charge in [-0.05, 0) is 39.1 Å². The fourth-order valence-corrected chi connectivity index (χ4v) is 2.90. The SMILES string of the molecule is CNCCCN(C)c1cc2nc(C)sc2cc1N. The maximum absolute atomic E-state index is 6.12. The number of benzene rings is 1. The van der Waals surface area contributed by atoms with Crippen molar-refractivity contribution in [2.24, 2.45) is 0 Å². The lowest BCUT2D eigenvalue weighted by molar-refractivity contribution is 0.713. The highest BCUT2D eigenvalue weighted by Crippen LogP contribution is 2.31. The molecule has 0 aliphatic rings. The van der Waals surface area contributed by atoms with Gasteiger partial charge >= 0.3 is 0 Å². The van der Waals surface area contributed by atoms with E-state index in [0.717, 1.165) is 46.1 Å². The van der Waals surface area contributed by atoms with Crippen molar-refractivity contribution in [2.75, 3.05) is 37.8 Å². The molecule has 1 heterocycles. The molecule has 0 spiro atoms. The largest absolute Gasteiger partial charge is 0.397 e. The number of hydrogen-bond donors (Lipinski definition) is 2. The van der Waals surface area contributed by atoms with E-state index in [1.165, 1.54) is 0 Å². The quantitative estimate of drug-likeness (QED) is 0.642. The first-order chi connectivity index (χ1) is 8.61. The van der Waals surface area contributed by atoms with E-state index in [1.54, 1.807) is 11.3 Å². The van der Waals surface area contributed by atoms with Crippen molar-refractivity contribution in [3.63, 3.8) is 0 Å². The van der Waals surface area contributed by atoms with Crippen molar-refractivity contribution >= 4 is 32.9 Å². The third-order valence-electron chi connectivity index (χ3n) is 2.98. The van der Waals surface area contributed by atoms with Gasteiger partial charge in [-0.15, -0.1) is 11.3 Å². The van der Waals surface area contributed by atoms with Gasteiger partial charge in [-0.25, -0.2) is 4.98 Å². The molecule has 0 bridgehead atoms. The zero-order valence-electron chi connectivity index (χ0n) is 11.2. The van der Waals surface area contributed by atoms with E-state index in [9.17, 15) is 0 Å². The Morgan fingerprint density at radius 2 is 2.22 bits per heavy atom. The lowest BCUT2D eigenvalue weighted by Crippen LogP contribution is -2.23. The van der Waals surface area contributed by atoms with Crippen LogP contribution in [0.3, 0.4) is 0 Å². The van der Waals surface area contributed by atoms with Crippen LogP contribution >= 0.6 is 11.3 Å². The summed E-state index contributed by atoms with van der Waals surface area (Å²) in [6.45, 7) is 4.03. The van der Waals surface area contributed by atoms with E-state index >= 15 is 0 Å². The van der Waals surface area contributed by atoms with Gasteiger partial charge in [0, 0.05) is 13.6 Å². The van der Waals surface area contributed by atoms with Gasteiger partial charge in [0.05, 0.1) is 26.6 Å². The molecule has 2 rings (SSSR count). The number of thiazole rings is 1. The number of fused-ring (bicyclic) bond motifs is 1. The molecule has 0 atom stereocenters. The minimum Gasteiger partial charge on any atom is -0.397 e. The molecule has 18 heavy (non-hydrogen) atoms. The van der Waals surface area contributed by atoms with Crippen molar-refractivity contribution in [1.29, 1.82) is 0 Å². The molecule has 0 radical (unpaired) electrons. The topological polar surface area (TPSA) is 54.2 Å². The Kier molecular flexibility index (Phi) is 4.04. The molecule has 98 valence electrons. The molecule has 1 aromatic carbocycles. The average molecular weight is 264 g/mol. The Morgan fingerprint density at radius 3 is 2.94 bits per heavy atom. The van der Waals surface area contributed by atoms with Crippen LogP contribution in [0.2, 0.25) is 0 Å². The van der Waals surface area contributed by atoms with Crippen molar-refractivity contribution in [1.82, 2.24) is 10.3 Å². The highest BCUT2D eigenvalue weighted by molar-refractivity contribution is 7.18. The Labute approximate surface area is 112 Å². The molecule has 0 aliphatic carbocycles. The van der Waals surface area contributed by atoms with E-state index in [0.29, 0.717) is 0 Å². The number of nitrogens with two attached hydrogens (primary N) is 1. The van der Waals surface area contributed by atoms with E-state index < -0.39 is 0 Å². The van der Waals surface area contributed by atoms with Crippen LogP contribution in [-0.2, 0) is 0 Å². The number of nitrogens with zero attached hydrogens (tertiary/aromatic N) is 2. The Balaban J connectivity index is 2.23. The molecule has 0 fully saturated rings. The Morgan fingerprint density at radius 1 is 1.44 bits per heavy atom. The summed E-state index contributed by atoms with van der Waals surface area (Å²) >= 11 is 1.69. The summed E-state index contributed by atoms with van der Waals surface area (Å²) in [6, 6.07) is 4.12. The van der Waals surface area contributed by atoms with Gasteiger partial charge in [-0.2, -0.15) is 0 Å². The van der Waals surface area contributed by atoms with Gasteiger partial charge in [-0.1, -0.05) is 0 Å². The number of aryl methyl sites for hydroxylation is 1. The van der Waals surface area contributed by atoms with Crippen LogP contribution in [0.4, 0.5) is 11.4 Å². The lowest BCUT2D eigenvalue weighted by atomic mass is 10.2. The molecule has 1 aromatic heterocycles. The van der Waals surface area contributed by atoms with Crippen LogP contribution in [0.5, 0.6) is 0 Å². The molecular formula is C13H20N4S. The third kappa shape index (κ3) is 2.73. The second-order valence-corrected chi connectivity index (χ2v) is 5.73. The number of anilines is 2. The molecule has 0 aliphatic heterocycles. The first-order valence-electron chi connectivity index (χ1n) is 6.14. The Hall–Kier alpha value is -1.33. The summed E-state index contributed by atoms with van der Waals surface area (Å²) in [7, 11) is 4.05. The zero-order valence-corrected chi connectivity index (χ0v) is 12.0. The van der Waals surface area contributed by atoms with E-state index in [1.807, 2.05) is 20.0 Å². The molecule has 3 N–H and O–H groups in total. The van der Waals surface area contributed by atoms with E-state index in [2.05, 4.69) is 28.3 Å². The minimum absolute atomic E-state index is 0.832. The fraction of sp³-hybridized carbons (Fsp3) is 0.462. The molecule has 0 saturated heterocycles. The summed E-state index contributed by atoms with van der Waals surface area (Å²) < 4.78 is 1.16. The summed E-state index contributed by atoms with van der Waals surface area (Å²) in [5.74, 6) is 0. The van der Waals surface area contributed by atoms with Crippen molar-refractivity contribution in [3.05, 3.63) is 17.1 Å². The predicted molar refractivity (Wildman–Crippen MR) is 80.6 cm³/mol. The predicted octanol–water partition coefficient (Wildman–Crippen LogP) is 2.23. The number of rotatable bonds is 5. The Bertz CT molecular complexity index is 535. The van der Waals surface area contributed by atoms with Crippen LogP contribution in [-0.4, -0.2) is 32.2 Å². The van der Waals surface area contributed by atoms with Crippen molar-refractivity contribution in [3.8, 4) is 0 Å². The second-order valence-electron chi connectivity index (χ2n) is 4.49. The maximum Gasteiger partial charge on any atom is 0.0907 e. The number of nitrogens with one attached hydrogen (secondary N) is 1. The maximum atomic E-state index is 6.12. The van der Waals surface area contributed by atoms with Crippen LogP contribution in [0.1, 0.15) is 11.4 Å². The highest BCUT2D eigenvalue weighted by Gasteiger charge is 2.09. The fourth-order valence-electron chi connectivity index (χ4n) is 2.04. The smallest absolute Gasteiger partial charge is 0.0907 e. The van der Waals surface area contributed by atoms with Crippen LogP contribution in [0.25, 0.3) is 10.2 Å². The monoisotopic (exact) mass is 264 g/mol. The number of aromatic nitrogens is 1. The summed E-state index contributed by atoms with van der Waals surface area (Å²) in [5, 5.41) is 4.24. The highest BCUT2D eigenvalue weighted by atomic mass is 32.1. The standard InChI is InChI=1S/C13H20N4S/c1-9-16-11-8-12(10(14)7-13(11)18-9)17(3)6-4-5-15-2/h7-8,15H,4-6,14H2,1-3H3. The molecule has 4 nitrogen and oxygen atoms in total. The minimum atomic E-state index is 0.832. The lowest BCUT2D eigenvalue weighted by Gasteiger charge is -2.21. The van der Waals surface area contributed by atoms with Crippen LogP contribution in [0, 0.1) is 6.92 Å². The summed E-state index contributed by atoms with van der Waals surface area (Å²) in [6.07, 6.45) is 1.10. The summed E-state index contributed by atoms with van der Waals surface area (Å²) in [5.41, 5.74) is 9.07. The number of hydrogen-bond acceptors (Lipinski definition) is 5. The van der Waals surface area contributed by atoms with Gasteiger partial charge in [0.25, 0.3) is 0 Å². The second kappa shape index (κ2) is 5.54. The van der Waals surface area contributed by atoms with Crippen molar-refractivity contribution < 1.29 is 0 Å². The molecule has 0 unspecified atom stereocenters. The van der Waals surface area contributed by atoms with E-state index in [4.69, 9.17) is 5.73 Å². The van der Waals surface area contributed by atoms with Crippen LogP contribution in [0.15, 0.2) is 12.1 Å². The molecular weight excluding hydrogens is 244 g/mol. The molecule has 5 heteroatoms. The number of nitrogen functional groups attached to an aromatic ring is 1.